The van der Waals surface area contributed by atoms with Gasteiger partial charge in [-0.1, -0.05) is 64.5 Å². The Kier molecular flexibility index (Phi) is 2.51. The van der Waals surface area contributed by atoms with Gasteiger partial charge in [-0.25, -0.2) is 0 Å². The van der Waals surface area contributed by atoms with E-state index in [1.165, 1.54) is 27.1 Å². The molecule has 3 heteroatoms. The Bertz CT molecular complexity index is 1410. The van der Waals surface area contributed by atoms with Crippen LogP contribution in [0, 0.1) is 0 Å². The third-order valence-corrected chi connectivity index (χ3v) is 5.69. The van der Waals surface area contributed by atoms with E-state index in [9.17, 15) is 0 Å². The molecule has 0 saturated carbocycles. The number of nitrogens with zero attached hydrogens (tertiary/aromatic N) is 1. The highest BCUT2D eigenvalue weighted by atomic mass is 79.9. The van der Waals surface area contributed by atoms with Gasteiger partial charge in [0.2, 0.25) is 0 Å². The van der Waals surface area contributed by atoms with Crippen molar-refractivity contribution < 1.29 is 4.42 Å². The monoisotopic (exact) mass is 385 g/mol. The van der Waals surface area contributed by atoms with Crippen molar-refractivity contribution >= 4 is 59.7 Å². The lowest BCUT2D eigenvalue weighted by Gasteiger charge is -2.23. The number of hydrogen-bond donors (Lipinski definition) is 0. The number of aromatic nitrogens is 1. The zero-order valence-corrected chi connectivity index (χ0v) is 14.7. The molecule has 4 aromatic rings. The molecule has 0 aliphatic carbocycles. The predicted molar refractivity (Wildman–Crippen MR) is 107 cm³/mol. The predicted octanol–water partition coefficient (Wildman–Crippen LogP) is 6.88. The van der Waals surface area contributed by atoms with Crippen LogP contribution in [0.1, 0.15) is 0 Å². The highest BCUT2D eigenvalue weighted by molar-refractivity contribution is 9.10. The summed E-state index contributed by atoms with van der Waals surface area (Å²) in [6.07, 6.45) is 0. The molecule has 6 rings (SSSR count). The Hall–Kier alpha value is -2.78. The highest BCUT2D eigenvalue weighted by Gasteiger charge is 2.21. The number of pyridine rings is 1. The quantitative estimate of drug-likeness (QED) is 0.205. The minimum absolute atomic E-state index is 0.885. The van der Waals surface area contributed by atoms with E-state index >= 15 is 0 Å². The van der Waals surface area contributed by atoms with E-state index < -0.39 is 0 Å². The van der Waals surface area contributed by atoms with Crippen molar-refractivity contribution in [2.75, 3.05) is 0 Å². The molecule has 0 aromatic heterocycles. The van der Waals surface area contributed by atoms with Crippen LogP contribution < -0.4 is 0 Å². The normalized spacial score (nSPS) is 12.2. The van der Waals surface area contributed by atoms with Gasteiger partial charge in [0.1, 0.15) is 0 Å². The third-order valence-electron chi connectivity index (χ3n) is 5.03. The first kappa shape index (κ1) is 13.5. The fourth-order valence-corrected chi connectivity index (χ4v) is 4.57. The van der Waals surface area contributed by atoms with Crippen molar-refractivity contribution in [1.29, 1.82) is 0 Å². The number of halogens is 1. The minimum atomic E-state index is 0.885. The lowest BCUT2D eigenvalue weighted by Crippen LogP contribution is -2.05. The van der Waals surface area contributed by atoms with Gasteiger partial charge < -0.3 is 8.98 Å². The molecule has 2 heterocycles. The maximum atomic E-state index is 6.27. The van der Waals surface area contributed by atoms with Crippen LogP contribution in [0.5, 0.6) is 0 Å². The van der Waals surface area contributed by atoms with Gasteiger partial charge in [0.05, 0.1) is 16.7 Å². The molecule has 0 N–H and O–H groups in total. The third kappa shape index (κ3) is 1.64. The van der Waals surface area contributed by atoms with Gasteiger partial charge >= 0.3 is 0 Å². The minimum Gasteiger partial charge on any atom is -0.453 e. The fraction of sp³-hybridized carbons (Fsp3) is 0. The van der Waals surface area contributed by atoms with Gasteiger partial charge in [-0.2, -0.15) is 0 Å². The van der Waals surface area contributed by atoms with Crippen molar-refractivity contribution in [3.8, 4) is 5.69 Å². The van der Waals surface area contributed by atoms with Crippen molar-refractivity contribution in [2.45, 2.75) is 0 Å². The van der Waals surface area contributed by atoms with Crippen LogP contribution in [-0.2, 0) is 0 Å². The number of rotatable bonds is 0. The molecule has 118 valence electrons. The average Bonchev–Trinajstić information content (AvgIpc) is 2.66. The molecule has 0 saturated heterocycles. The number of hydrogen-bond acceptors (Lipinski definition) is 1. The molecule has 2 nitrogen and oxygen atoms in total. The van der Waals surface area contributed by atoms with Gasteiger partial charge in [-0.05, 0) is 35.0 Å². The molecule has 0 atom stereocenters. The van der Waals surface area contributed by atoms with Crippen LogP contribution in [0.15, 0.2) is 81.7 Å². The fourth-order valence-electron chi connectivity index (χ4n) is 4.03. The number of fused-ring (bicyclic) bond motifs is 5. The van der Waals surface area contributed by atoms with Crippen LogP contribution in [0.4, 0.5) is 0 Å². The molecule has 0 radical (unpaired) electrons. The zero-order chi connectivity index (χ0) is 16.5. The van der Waals surface area contributed by atoms with E-state index in [4.69, 9.17) is 4.42 Å². The number of para-hydroxylation sites is 3. The van der Waals surface area contributed by atoms with Gasteiger partial charge in [0.15, 0.2) is 11.2 Å². The van der Waals surface area contributed by atoms with Crippen LogP contribution in [-0.4, -0.2) is 4.57 Å². The molecular weight excluding hydrogens is 374 g/mol. The van der Waals surface area contributed by atoms with Gasteiger partial charge in [0, 0.05) is 15.2 Å². The molecule has 0 unspecified atom stereocenters. The SMILES string of the molecule is Brc1cc2oc3ccccc3n3c4ccccc4c4cccc1c4c2-3. The Morgan fingerprint density at radius 3 is 2.32 bits per heavy atom. The number of benzene rings is 4. The topological polar surface area (TPSA) is 18.1 Å². The van der Waals surface area contributed by atoms with Crippen molar-refractivity contribution in [2.24, 2.45) is 0 Å². The molecular formula is C22H12BrNO. The van der Waals surface area contributed by atoms with Crippen molar-refractivity contribution in [1.82, 2.24) is 4.57 Å². The van der Waals surface area contributed by atoms with E-state index in [2.05, 4.69) is 81.2 Å². The molecule has 4 aromatic carbocycles. The standard InChI is InChI=1S/C22H12BrNO/c23-16-12-20-22-21-14(7-5-8-15(16)21)13-6-1-2-9-17(13)24(22)18-10-3-4-11-19(18)25-20/h1-12H. The first-order valence-electron chi connectivity index (χ1n) is 8.24. The van der Waals surface area contributed by atoms with E-state index in [1.54, 1.807) is 0 Å². The van der Waals surface area contributed by atoms with Crippen LogP contribution >= 0.6 is 15.9 Å². The molecule has 0 spiro atoms. The average molecular weight is 386 g/mol. The maximum absolute atomic E-state index is 6.27. The van der Waals surface area contributed by atoms with E-state index in [0.29, 0.717) is 0 Å². The summed E-state index contributed by atoms with van der Waals surface area (Å²) in [6.45, 7) is 0. The lowest BCUT2D eigenvalue weighted by molar-refractivity contribution is 0.648. The van der Waals surface area contributed by atoms with Gasteiger partial charge in [-0.3, -0.25) is 0 Å². The Balaban J connectivity index is 2.11. The zero-order valence-electron chi connectivity index (χ0n) is 13.2. The molecule has 0 bridgehead atoms. The summed E-state index contributed by atoms with van der Waals surface area (Å²) in [7, 11) is 0. The summed E-state index contributed by atoms with van der Waals surface area (Å²) < 4.78 is 9.66. The summed E-state index contributed by atoms with van der Waals surface area (Å²) in [4.78, 5) is 0. The second-order valence-corrected chi connectivity index (χ2v) is 7.21. The van der Waals surface area contributed by atoms with Crippen LogP contribution in [0.3, 0.4) is 0 Å². The second kappa shape index (κ2) is 4.64. The van der Waals surface area contributed by atoms with E-state index in [0.717, 1.165) is 26.8 Å². The summed E-state index contributed by atoms with van der Waals surface area (Å²) in [5.74, 6) is 0. The Labute approximate surface area is 151 Å². The van der Waals surface area contributed by atoms with Crippen molar-refractivity contribution in [3.05, 3.63) is 77.3 Å². The summed E-state index contributed by atoms with van der Waals surface area (Å²) >= 11 is 3.74. The Morgan fingerprint density at radius 1 is 0.680 bits per heavy atom. The largest absolute Gasteiger partial charge is 0.453 e. The van der Waals surface area contributed by atoms with E-state index in [1.807, 2.05) is 12.1 Å². The van der Waals surface area contributed by atoms with Crippen molar-refractivity contribution in [3.63, 3.8) is 0 Å². The van der Waals surface area contributed by atoms with E-state index in [-0.39, 0.29) is 0 Å². The molecule has 25 heavy (non-hydrogen) atoms. The molecule has 2 aliphatic heterocycles. The second-order valence-electron chi connectivity index (χ2n) is 6.36. The molecule has 0 fully saturated rings. The summed E-state index contributed by atoms with van der Waals surface area (Å²) in [5, 5.41) is 4.95. The maximum Gasteiger partial charge on any atom is 0.153 e. The lowest BCUT2D eigenvalue weighted by atomic mass is 9.97. The van der Waals surface area contributed by atoms with Crippen LogP contribution in [0.2, 0.25) is 0 Å². The van der Waals surface area contributed by atoms with Gasteiger partial charge in [-0.15, -0.1) is 0 Å². The molecule has 0 amide bonds. The highest BCUT2D eigenvalue weighted by Crippen LogP contribution is 2.43. The van der Waals surface area contributed by atoms with Crippen LogP contribution in [0.25, 0.3) is 49.4 Å². The Morgan fingerprint density at radius 2 is 1.40 bits per heavy atom. The molecule has 2 aliphatic rings. The first-order valence-corrected chi connectivity index (χ1v) is 9.04. The smallest absolute Gasteiger partial charge is 0.153 e. The summed E-state index contributed by atoms with van der Waals surface area (Å²) in [6, 6.07) is 25.4. The van der Waals surface area contributed by atoms with Gasteiger partial charge in [0.25, 0.3) is 0 Å². The first-order chi connectivity index (χ1) is 12.3. The summed E-state index contributed by atoms with van der Waals surface area (Å²) in [5.41, 5.74) is 5.18.